The lowest BCUT2D eigenvalue weighted by Crippen LogP contribution is -2.50. The number of amidine groups is 1. The number of nitrogens with two attached hydrogens (primary N) is 1. The first-order chi connectivity index (χ1) is 8.21. The molecular weight excluding hydrogens is 218 g/mol. The van der Waals surface area contributed by atoms with Gasteiger partial charge in [-0.05, 0) is 31.8 Å². The molecule has 0 unspecified atom stereocenters. The van der Waals surface area contributed by atoms with Crippen molar-refractivity contribution in [3.05, 3.63) is 24.2 Å². The average Bonchev–Trinajstić information content (AvgIpc) is 2.78. The Morgan fingerprint density at radius 3 is 2.94 bits per heavy atom. The number of carbonyl (C=O) groups excluding carboxylic acids is 1. The molecule has 3 rings (SSSR count). The van der Waals surface area contributed by atoms with Gasteiger partial charge in [-0.1, -0.05) is 0 Å². The molecule has 1 fully saturated rings. The Hall–Kier alpha value is -1.78. The Labute approximate surface area is 99.6 Å². The number of hydrogen-bond acceptors (Lipinski definition) is 4. The zero-order valence-corrected chi connectivity index (χ0v) is 9.56. The number of nitrogens with zero attached hydrogens (tertiary/aromatic N) is 2. The number of amides is 1. The summed E-state index contributed by atoms with van der Waals surface area (Å²) in [5, 5.41) is 0. The molecular formula is C12H15N3O2. The van der Waals surface area contributed by atoms with E-state index in [2.05, 4.69) is 4.99 Å². The Morgan fingerprint density at radius 1 is 1.47 bits per heavy atom. The summed E-state index contributed by atoms with van der Waals surface area (Å²) in [6.45, 7) is 0.638. The molecule has 1 saturated carbocycles. The van der Waals surface area contributed by atoms with Crippen LogP contribution in [-0.4, -0.2) is 28.8 Å². The zero-order valence-electron chi connectivity index (χ0n) is 9.56. The quantitative estimate of drug-likeness (QED) is 0.731. The van der Waals surface area contributed by atoms with Gasteiger partial charge in [-0.3, -0.25) is 4.79 Å². The van der Waals surface area contributed by atoms with E-state index in [0.29, 0.717) is 12.2 Å². The highest BCUT2D eigenvalue weighted by Crippen LogP contribution is 2.39. The Morgan fingerprint density at radius 2 is 2.24 bits per heavy atom. The molecule has 0 atom stereocenters. The van der Waals surface area contributed by atoms with Crippen LogP contribution < -0.4 is 5.73 Å². The first-order valence-corrected chi connectivity index (χ1v) is 5.92. The second-order valence-corrected chi connectivity index (χ2v) is 4.65. The predicted molar refractivity (Wildman–Crippen MR) is 62.8 cm³/mol. The molecule has 17 heavy (non-hydrogen) atoms. The summed E-state index contributed by atoms with van der Waals surface area (Å²) in [4.78, 5) is 17.6. The lowest BCUT2D eigenvalue weighted by molar-refractivity contribution is -0.114. The van der Waals surface area contributed by atoms with Crippen LogP contribution >= 0.6 is 0 Å². The van der Waals surface area contributed by atoms with Crippen molar-refractivity contribution in [2.75, 3.05) is 6.54 Å². The van der Waals surface area contributed by atoms with E-state index in [9.17, 15) is 4.79 Å². The second kappa shape index (κ2) is 3.61. The van der Waals surface area contributed by atoms with Gasteiger partial charge in [0.15, 0.2) is 11.4 Å². The van der Waals surface area contributed by atoms with Gasteiger partial charge in [0.2, 0.25) is 0 Å². The van der Waals surface area contributed by atoms with Crippen LogP contribution in [-0.2, 0) is 9.53 Å². The Bertz CT molecular complexity index is 445. The van der Waals surface area contributed by atoms with E-state index in [4.69, 9.17) is 10.5 Å². The monoisotopic (exact) mass is 233 g/mol. The fraction of sp³-hybridized carbons (Fsp3) is 0.500. The minimum absolute atomic E-state index is 0.330. The molecule has 0 saturated heterocycles. The number of primary amides is 1. The summed E-state index contributed by atoms with van der Waals surface area (Å²) in [5.74, 6) is 0.369. The van der Waals surface area contributed by atoms with Crippen molar-refractivity contribution in [2.45, 2.75) is 31.3 Å². The minimum atomic E-state index is -0.472. The van der Waals surface area contributed by atoms with Gasteiger partial charge in [-0.2, -0.15) is 0 Å². The average molecular weight is 233 g/mol. The van der Waals surface area contributed by atoms with E-state index in [1.54, 1.807) is 12.3 Å². The first kappa shape index (κ1) is 10.4. The molecule has 5 nitrogen and oxygen atoms in total. The highest BCUT2D eigenvalue weighted by Gasteiger charge is 2.45. The molecule has 5 heteroatoms. The van der Waals surface area contributed by atoms with Crippen molar-refractivity contribution in [1.82, 2.24) is 4.90 Å². The lowest BCUT2D eigenvalue weighted by atomic mass is 9.97. The van der Waals surface area contributed by atoms with E-state index >= 15 is 0 Å². The maximum atomic E-state index is 11.2. The van der Waals surface area contributed by atoms with Crippen LogP contribution in [0.1, 0.15) is 25.7 Å². The number of rotatable bonds is 1. The number of carbonyl (C=O) groups is 1. The van der Waals surface area contributed by atoms with Crippen LogP contribution in [0.5, 0.6) is 0 Å². The van der Waals surface area contributed by atoms with Crippen molar-refractivity contribution >= 4 is 11.7 Å². The van der Waals surface area contributed by atoms with Crippen molar-refractivity contribution < 1.29 is 9.53 Å². The van der Waals surface area contributed by atoms with Gasteiger partial charge in [0.25, 0.3) is 5.91 Å². The predicted octanol–water partition coefficient (Wildman–Crippen LogP) is 0.884. The van der Waals surface area contributed by atoms with Gasteiger partial charge >= 0.3 is 0 Å². The summed E-state index contributed by atoms with van der Waals surface area (Å²) in [6.07, 6.45) is 9.53. The van der Waals surface area contributed by atoms with Crippen molar-refractivity contribution in [3.8, 4) is 0 Å². The molecule has 0 aromatic carbocycles. The van der Waals surface area contributed by atoms with E-state index in [-0.39, 0.29) is 5.60 Å². The highest BCUT2D eigenvalue weighted by atomic mass is 16.5. The summed E-state index contributed by atoms with van der Waals surface area (Å²) in [6, 6.07) is 0. The number of ether oxygens (including phenoxy) is 1. The molecule has 0 aromatic heterocycles. The van der Waals surface area contributed by atoms with Crippen molar-refractivity contribution in [2.24, 2.45) is 10.7 Å². The maximum Gasteiger partial charge on any atom is 0.267 e. The topological polar surface area (TPSA) is 67.9 Å². The molecule has 2 heterocycles. The first-order valence-electron chi connectivity index (χ1n) is 5.92. The molecule has 2 N–H and O–H groups in total. The normalized spacial score (nSPS) is 25.1. The smallest absolute Gasteiger partial charge is 0.267 e. The Kier molecular flexibility index (Phi) is 2.21. The van der Waals surface area contributed by atoms with Gasteiger partial charge in [0.1, 0.15) is 12.0 Å². The molecule has 0 radical (unpaired) electrons. The van der Waals surface area contributed by atoms with Gasteiger partial charge in [-0.25, -0.2) is 4.99 Å². The second-order valence-electron chi connectivity index (χ2n) is 4.65. The SMILES string of the molecule is NC(=O)C1=CCN2C=COC3(CCCC3)C2=N1. The summed E-state index contributed by atoms with van der Waals surface area (Å²) in [7, 11) is 0. The lowest BCUT2D eigenvalue weighted by Gasteiger charge is -2.40. The maximum absolute atomic E-state index is 11.2. The Balaban J connectivity index is 2.01. The van der Waals surface area contributed by atoms with Crippen LogP contribution in [0.25, 0.3) is 0 Å². The van der Waals surface area contributed by atoms with Crippen molar-refractivity contribution in [3.63, 3.8) is 0 Å². The van der Waals surface area contributed by atoms with Gasteiger partial charge in [0, 0.05) is 12.7 Å². The third kappa shape index (κ3) is 1.53. The summed E-state index contributed by atoms with van der Waals surface area (Å²) < 4.78 is 5.79. The molecule has 1 spiro atoms. The highest BCUT2D eigenvalue weighted by molar-refractivity contribution is 6.00. The van der Waals surface area contributed by atoms with Crippen LogP contribution in [0.15, 0.2) is 29.2 Å². The molecule has 90 valence electrons. The molecule has 0 bridgehead atoms. The van der Waals surface area contributed by atoms with E-state index in [1.165, 1.54) is 0 Å². The molecule has 0 aromatic rings. The molecule has 1 aliphatic carbocycles. The van der Waals surface area contributed by atoms with Crippen molar-refractivity contribution in [1.29, 1.82) is 0 Å². The molecule has 2 aliphatic heterocycles. The minimum Gasteiger partial charge on any atom is -0.485 e. The number of hydrogen-bond donors (Lipinski definition) is 1. The summed E-state index contributed by atoms with van der Waals surface area (Å²) in [5.41, 5.74) is 5.30. The summed E-state index contributed by atoms with van der Waals surface area (Å²) >= 11 is 0. The fourth-order valence-corrected chi connectivity index (χ4v) is 2.72. The zero-order chi connectivity index (χ0) is 11.9. The third-order valence-electron chi connectivity index (χ3n) is 3.59. The van der Waals surface area contributed by atoms with Crippen LogP contribution in [0.3, 0.4) is 0 Å². The fourth-order valence-electron chi connectivity index (χ4n) is 2.72. The third-order valence-corrected chi connectivity index (χ3v) is 3.59. The number of aliphatic imine (C=N–C) groups is 1. The van der Waals surface area contributed by atoms with E-state index in [0.717, 1.165) is 31.5 Å². The van der Waals surface area contributed by atoms with Crippen LogP contribution in [0, 0.1) is 0 Å². The number of fused-ring (bicyclic) bond motifs is 2. The largest absolute Gasteiger partial charge is 0.485 e. The van der Waals surface area contributed by atoms with Gasteiger partial charge < -0.3 is 15.4 Å². The van der Waals surface area contributed by atoms with Gasteiger partial charge in [-0.15, -0.1) is 0 Å². The van der Waals surface area contributed by atoms with Crippen LogP contribution in [0.2, 0.25) is 0 Å². The van der Waals surface area contributed by atoms with E-state index < -0.39 is 5.91 Å². The van der Waals surface area contributed by atoms with E-state index in [1.807, 2.05) is 11.1 Å². The standard InChI is InChI=1S/C12H15N3O2/c13-10(16)9-3-6-15-7-8-17-12(11(15)14-9)4-1-2-5-12/h3,7-8H,1-2,4-6H2,(H2,13,16). The van der Waals surface area contributed by atoms with Crippen LogP contribution in [0.4, 0.5) is 0 Å². The molecule has 3 aliphatic rings. The van der Waals surface area contributed by atoms with Gasteiger partial charge in [0.05, 0.1) is 0 Å². The molecule has 1 amide bonds.